The van der Waals surface area contributed by atoms with Crippen molar-refractivity contribution in [1.29, 1.82) is 0 Å². The maximum Gasteiger partial charge on any atom is 0.317 e. The lowest BCUT2D eigenvalue weighted by atomic mass is 9.88. The molecule has 0 aromatic rings. The number of ether oxygens (including phenoxy) is 1. The van der Waals surface area contributed by atoms with Gasteiger partial charge in [-0.15, -0.1) is 0 Å². The van der Waals surface area contributed by atoms with Crippen LogP contribution in [-0.2, 0) is 9.53 Å². The van der Waals surface area contributed by atoms with Gasteiger partial charge < -0.3 is 4.74 Å². The summed E-state index contributed by atoms with van der Waals surface area (Å²) in [6.07, 6.45) is 14.1. The second kappa shape index (κ2) is 3.09. The van der Waals surface area contributed by atoms with E-state index in [1.807, 2.05) is 30.4 Å². The van der Waals surface area contributed by atoms with Crippen molar-refractivity contribution in [2.75, 3.05) is 6.61 Å². The van der Waals surface area contributed by atoms with Crippen LogP contribution in [0.5, 0.6) is 0 Å². The average molecular weight is 198 g/mol. The van der Waals surface area contributed by atoms with Gasteiger partial charge in [-0.25, -0.2) is 0 Å². The van der Waals surface area contributed by atoms with E-state index in [0.29, 0.717) is 6.61 Å². The Morgan fingerprint density at radius 3 is 3.07 bits per heavy atom. The molecule has 0 aromatic heterocycles. The molecular weight excluding hydrogens is 188 g/mol. The first kappa shape index (κ1) is 8.48. The number of esters is 1. The van der Waals surface area contributed by atoms with E-state index < -0.39 is 0 Å². The summed E-state index contributed by atoms with van der Waals surface area (Å²) in [4.78, 5) is 11.4. The van der Waals surface area contributed by atoms with Gasteiger partial charge in [-0.2, -0.15) is 0 Å². The minimum Gasteiger partial charge on any atom is -0.460 e. The molecule has 3 rings (SSSR count). The molecular formula is C13H10O2. The first-order chi connectivity index (χ1) is 7.34. The highest BCUT2D eigenvalue weighted by Gasteiger charge is 2.32. The molecule has 3 aliphatic rings. The van der Waals surface area contributed by atoms with E-state index in [1.54, 1.807) is 0 Å². The van der Waals surface area contributed by atoms with E-state index in [-0.39, 0.29) is 11.9 Å². The Labute approximate surface area is 87.9 Å². The third-order valence-electron chi connectivity index (χ3n) is 2.83. The zero-order valence-electron chi connectivity index (χ0n) is 8.14. The van der Waals surface area contributed by atoms with Crippen molar-refractivity contribution >= 4 is 5.97 Å². The van der Waals surface area contributed by atoms with Gasteiger partial charge in [0.25, 0.3) is 0 Å². The first-order valence-corrected chi connectivity index (χ1v) is 4.99. The second-order valence-electron chi connectivity index (χ2n) is 3.79. The van der Waals surface area contributed by atoms with Crippen molar-refractivity contribution in [2.24, 2.45) is 5.92 Å². The van der Waals surface area contributed by atoms with Gasteiger partial charge in [-0.1, -0.05) is 42.5 Å². The van der Waals surface area contributed by atoms with Gasteiger partial charge in [0.2, 0.25) is 0 Å². The molecule has 0 radical (unpaired) electrons. The molecule has 2 nitrogen and oxygen atoms in total. The highest BCUT2D eigenvalue weighted by atomic mass is 16.5. The number of carbonyl (C=O) groups is 1. The molecule has 15 heavy (non-hydrogen) atoms. The Balaban J connectivity index is 2.10. The number of cyclic esters (lactones) is 1. The highest BCUT2D eigenvalue weighted by Crippen LogP contribution is 2.33. The van der Waals surface area contributed by atoms with Crippen molar-refractivity contribution in [3.63, 3.8) is 0 Å². The first-order valence-electron chi connectivity index (χ1n) is 4.99. The average Bonchev–Trinajstić information content (AvgIpc) is 2.49. The summed E-state index contributed by atoms with van der Waals surface area (Å²) in [5, 5.41) is 0. The van der Waals surface area contributed by atoms with Crippen LogP contribution in [0.25, 0.3) is 0 Å². The van der Waals surface area contributed by atoms with Crippen LogP contribution in [0.4, 0.5) is 0 Å². The lowest BCUT2D eigenvalue weighted by Crippen LogP contribution is -2.10. The lowest BCUT2D eigenvalue weighted by molar-refractivity contribution is -0.140. The fourth-order valence-corrected chi connectivity index (χ4v) is 2.03. The van der Waals surface area contributed by atoms with Crippen molar-refractivity contribution in [3.05, 3.63) is 59.3 Å². The molecule has 0 bridgehead atoms. The molecule has 0 N–H and O–H groups in total. The van der Waals surface area contributed by atoms with Crippen molar-refractivity contribution < 1.29 is 9.53 Å². The molecule has 2 heteroatoms. The standard InChI is InChI=1S/C13H10O2/c14-13-12-7-10-5-3-1-2-4-9(10)6-11(12)8-15-13/h1-7,12H,8H2. The summed E-state index contributed by atoms with van der Waals surface area (Å²) >= 11 is 0. The zero-order valence-corrected chi connectivity index (χ0v) is 8.14. The summed E-state index contributed by atoms with van der Waals surface area (Å²) in [6.45, 7) is 0.443. The van der Waals surface area contributed by atoms with Gasteiger partial charge in [0.05, 0.1) is 0 Å². The Morgan fingerprint density at radius 2 is 2.13 bits per heavy atom. The molecule has 1 fully saturated rings. The minimum absolute atomic E-state index is 0.126. The van der Waals surface area contributed by atoms with Crippen molar-refractivity contribution in [1.82, 2.24) is 0 Å². The SMILES string of the molecule is O=C1OCC2=CC3=CC=CC=CC3=CC12. The lowest BCUT2D eigenvalue weighted by Gasteiger charge is -2.13. The van der Waals surface area contributed by atoms with Gasteiger partial charge in [-0.3, -0.25) is 4.79 Å². The van der Waals surface area contributed by atoms with E-state index in [4.69, 9.17) is 4.74 Å². The Morgan fingerprint density at radius 1 is 1.20 bits per heavy atom. The number of allylic oxidation sites excluding steroid dienone is 8. The maximum atomic E-state index is 11.4. The Bertz CT molecular complexity index is 473. The van der Waals surface area contributed by atoms with Crippen LogP contribution < -0.4 is 0 Å². The van der Waals surface area contributed by atoms with Gasteiger partial charge in [0.15, 0.2) is 0 Å². The van der Waals surface area contributed by atoms with Crippen molar-refractivity contribution in [2.45, 2.75) is 0 Å². The second-order valence-corrected chi connectivity index (χ2v) is 3.79. The van der Waals surface area contributed by atoms with Crippen LogP contribution in [0.1, 0.15) is 0 Å². The van der Waals surface area contributed by atoms with Crippen LogP contribution in [0.15, 0.2) is 59.3 Å². The number of rotatable bonds is 0. The molecule has 1 atom stereocenters. The quantitative estimate of drug-likeness (QED) is 0.557. The molecule has 1 unspecified atom stereocenters. The fourth-order valence-electron chi connectivity index (χ4n) is 2.03. The molecule has 0 saturated carbocycles. The Hall–Kier alpha value is -1.83. The van der Waals surface area contributed by atoms with Gasteiger partial charge in [0.1, 0.15) is 12.5 Å². The minimum atomic E-state index is -0.153. The molecule has 1 saturated heterocycles. The summed E-state index contributed by atoms with van der Waals surface area (Å²) < 4.78 is 5.02. The number of carbonyl (C=O) groups excluding carboxylic acids is 1. The molecule has 0 amide bonds. The smallest absolute Gasteiger partial charge is 0.317 e. The molecule has 1 heterocycles. The summed E-state index contributed by atoms with van der Waals surface area (Å²) in [7, 11) is 0. The molecule has 74 valence electrons. The van der Waals surface area contributed by atoms with Gasteiger partial charge >= 0.3 is 5.97 Å². The van der Waals surface area contributed by atoms with E-state index in [1.165, 1.54) is 0 Å². The number of hydrogen-bond donors (Lipinski definition) is 0. The largest absolute Gasteiger partial charge is 0.460 e. The van der Waals surface area contributed by atoms with Gasteiger partial charge in [0, 0.05) is 0 Å². The Kier molecular flexibility index (Phi) is 1.75. The zero-order chi connectivity index (χ0) is 10.3. The number of hydrogen-bond acceptors (Lipinski definition) is 2. The van der Waals surface area contributed by atoms with Crippen LogP contribution >= 0.6 is 0 Å². The maximum absolute atomic E-state index is 11.4. The summed E-state index contributed by atoms with van der Waals surface area (Å²) in [5.74, 6) is -0.279. The van der Waals surface area contributed by atoms with E-state index in [0.717, 1.165) is 16.7 Å². The van der Waals surface area contributed by atoms with Crippen LogP contribution in [0, 0.1) is 5.92 Å². The van der Waals surface area contributed by atoms with Crippen LogP contribution in [-0.4, -0.2) is 12.6 Å². The number of fused-ring (bicyclic) bond motifs is 2. The topological polar surface area (TPSA) is 26.3 Å². The molecule has 2 aliphatic carbocycles. The third kappa shape index (κ3) is 1.30. The highest BCUT2D eigenvalue weighted by molar-refractivity contribution is 5.83. The van der Waals surface area contributed by atoms with E-state index in [2.05, 4.69) is 12.2 Å². The van der Waals surface area contributed by atoms with Crippen molar-refractivity contribution in [3.8, 4) is 0 Å². The van der Waals surface area contributed by atoms with Gasteiger partial charge in [-0.05, 0) is 16.7 Å². The predicted molar refractivity (Wildman–Crippen MR) is 57.0 cm³/mol. The third-order valence-corrected chi connectivity index (χ3v) is 2.83. The van der Waals surface area contributed by atoms with Crippen LogP contribution in [0.3, 0.4) is 0 Å². The molecule has 1 aliphatic heterocycles. The fraction of sp³-hybridized carbons (Fsp3) is 0.154. The van der Waals surface area contributed by atoms with E-state index in [9.17, 15) is 4.79 Å². The van der Waals surface area contributed by atoms with Crippen LogP contribution in [0.2, 0.25) is 0 Å². The summed E-state index contributed by atoms with van der Waals surface area (Å²) in [6, 6.07) is 0. The molecule has 0 aromatic carbocycles. The van der Waals surface area contributed by atoms with E-state index >= 15 is 0 Å². The normalized spacial score (nSPS) is 27.1. The predicted octanol–water partition coefficient (Wildman–Crippen LogP) is 2.08. The summed E-state index contributed by atoms with van der Waals surface area (Å²) in [5.41, 5.74) is 3.33. The molecule has 0 spiro atoms. The monoisotopic (exact) mass is 198 g/mol.